The molecule has 1 aromatic heterocycles. The van der Waals surface area contributed by atoms with E-state index >= 15 is 0 Å². The maximum atomic E-state index is 12.0. The molecule has 0 spiro atoms. The molecule has 128 valence electrons. The molecule has 2 aromatic rings. The zero-order valence-corrected chi connectivity index (χ0v) is 13.8. The van der Waals surface area contributed by atoms with Gasteiger partial charge in [-0.2, -0.15) is 0 Å². The van der Waals surface area contributed by atoms with Gasteiger partial charge in [-0.15, -0.1) is 0 Å². The molecule has 0 aliphatic rings. The Morgan fingerprint density at radius 3 is 2.38 bits per heavy atom. The van der Waals surface area contributed by atoms with Crippen molar-refractivity contribution in [2.24, 2.45) is 0 Å². The molecule has 1 aromatic carbocycles. The fourth-order valence-corrected chi connectivity index (χ4v) is 1.92. The highest BCUT2D eigenvalue weighted by Gasteiger charge is 2.18. The Balaban J connectivity index is 1.83. The van der Waals surface area contributed by atoms with Gasteiger partial charge in [-0.3, -0.25) is 20.4 Å². The first-order valence-corrected chi connectivity index (χ1v) is 7.55. The van der Waals surface area contributed by atoms with Gasteiger partial charge >= 0.3 is 5.91 Å². The Bertz CT molecular complexity index is 693. The van der Waals surface area contributed by atoms with Crippen LogP contribution in [-0.2, 0) is 4.79 Å². The maximum Gasteiger partial charge on any atom is 0.305 e. The van der Waals surface area contributed by atoms with Crippen LogP contribution in [0.2, 0.25) is 0 Å². The summed E-state index contributed by atoms with van der Waals surface area (Å²) in [5.41, 5.74) is 5.27. The van der Waals surface area contributed by atoms with Gasteiger partial charge in [0.1, 0.15) is 11.5 Å². The van der Waals surface area contributed by atoms with E-state index < -0.39 is 17.9 Å². The first kappa shape index (κ1) is 17.4. The standard InChI is InChI=1S/C17H20N2O5/c1-4-22-13-5-7-14(8-6-13)24-12(3)16(20)18-19-17(21)15-11(2)9-10-23-15/h5-10,12H,4H2,1-3H3,(H,18,20)(H,19,21). The molecular weight excluding hydrogens is 312 g/mol. The summed E-state index contributed by atoms with van der Waals surface area (Å²) in [6.45, 7) is 5.79. The summed E-state index contributed by atoms with van der Waals surface area (Å²) >= 11 is 0. The van der Waals surface area contributed by atoms with Crippen LogP contribution >= 0.6 is 0 Å². The van der Waals surface area contributed by atoms with Crippen molar-refractivity contribution >= 4 is 11.8 Å². The van der Waals surface area contributed by atoms with E-state index in [0.717, 1.165) is 5.75 Å². The largest absolute Gasteiger partial charge is 0.494 e. The Kier molecular flexibility index (Phi) is 5.83. The second kappa shape index (κ2) is 8.05. The number of carbonyl (C=O) groups excluding carboxylic acids is 2. The topological polar surface area (TPSA) is 89.8 Å². The Morgan fingerprint density at radius 1 is 1.12 bits per heavy atom. The second-order valence-electron chi connectivity index (χ2n) is 5.04. The maximum absolute atomic E-state index is 12.0. The number of hydrogen-bond donors (Lipinski definition) is 2. The van der Waals surface area contributed by atoms with E-state index in [2.05, 4.69) is 10.9 Å². The van der Waals surface area contributed by atoms with Gasteiger partial charge in [0.2, 0.25) is 0 Å². The number of carbonyl (C=O) groups is 2. The molecule has 2 rings (SSSR count). The van der Waals surface area contributed by atoms with Gasteiger partial charge in [-0.25, -0.2) is 0 Å². The summed E-state index contributed by atoms with van der Waals surface area (Å²) in [6, 6.07) is 8.59. The van der Waals surface area contributed by atoms with Crippen LogP contribution in [0, 0.1) is 6.92 Å². The normalized spacial score (nSPS) is 11.5. The number of hydrogen-bond acceptors (Lipinski definition) is 5. The van der Waals surface area contributed by atoms with Gasteiger partial charge in [0.05, 0.1) is 12.9 Å². The lowest BCUT2D eigenvalue weighted by molar-refractivity contribution is -0.128. The summed E-state index contributed by atoms with van der Waals surface area (Å²) in [7, 11) is 0. The van der Waals surface area contributed by atoms with Crippen LogP contribution in [0.25, 0.3) is 0 Å². The molecule has 0 saturated heterocycles. The molecule has 7 nitrogen and oxygen atoms in total. The van der Waals surface area contributed by atoms with E-state index in [4.69, 9.17) is 13.9 Å². The highest BCUT2D eigenvalue weighted by atomic mass is 16.5. The van der Waals surface area contributed by atoms with Crippen LogP contribution in [0.15, 0.2) is 41.0 Å². The molecule has 1 atom stereocenters. The van der Waals surface area contributed by atoms with E-state index in [9.17, 15) is 9.59 Å². The van der Waals surface area contributed by atoms with Gasteiger partial charge in [-0.05, 0) is 51.1 Å². The minimum atomic E-state index is -0.791. The molecule has 0 saturated carbocycles. The van der Waals surface area contributed by atoms with Crippen LogP contribution in [0.4, 0.5) is 0 Å². The highest BCUT2D eigenvalue weighted by Crippen LogP contribution is 2.18. The molecule has 0 aliphatic heterocycles. The third kappa shape index (κ3) is 4.52. The van der Waals surface area contributed by atoms with Gasteiger partial charge < -0.3 is 13.9 Å². The first-order valence-electron chi connectivity index (χ1n) is 7.55. The molecule has 7 heteroatoms. The summed E-state index contributed by atoms with van der Waals surface area (Å²) in [6.07, 6.45) is 0.616. The number of hydrazine groups is 1. The third-order valence-electron chi connectivity index (χ3n) is 3.18. The monoisotopic (exact) mass is 332 g/mol. The molecular formula is C17H20N2O5. The van der Waals surface area contributed by atoms with Crippen molar-refractivity contribution in [1.29, 1.82) is 0 Å². The van der Waals surface area contributed by atoms with Crippen molar-refractivity contribution in [2.75, 3.05) is 6.61 Å². The fourth-order valence-electron chi connectivity index (χ4n) is 1.92. The van der Waals surface area contributed by atoms with Crippen LogP contribution in [0.3, 0.4) is 0 Å². The number of nitrogens with one attached hydrogen (secondary N) is 2. The van der Waals surface area contributed by atoms with Gasteiger partial charge in [-0.1, -0.05) is 0 Å². The minimum absolute atomic E-state index is 0.149. The second-order valence-corrected chi connectivity index (χ2v) is 5.04. The predicted molar refractivity (Wildman–Crippen MR) is 86.8 cm³/mol. The molecule has 1 unspecified atom stereocenters. The van der Waals surface area contributed by atoms with Crippen LogP contribution in [0.1, 0.15) is 30.0 Å². The lowest BCUT2D eigenvalue weighted by Gasteiger charge is -2.15. The fraction of sp³-hybridized carbons (Fsp3) is 0.294. The number of rotatable bonds is 6. The highest BCUT2D eigenvalue weighted by molar-refractivity contribution is 5.94. The van der Waals surface area contributed by atoms with Crippen LogP contribution < -0.4 is 20.3 Å². The first-order chi connectivity index (χ1) is 11.5. The minimum Gasteiger partial charge on any atom is -0.494 e. The number of furan rings is 1. The third-order valence-corrected chi connectivity index (χ3v) is 3.18. The molecule has 24 heavy (non-hydrogen) atoms. The number of amides is 2. The molecule has 0 bridgehead atoms. The number of benzene rings is 1. The van der Waals surface area contributed by atoms with E-state index in [1.807, 2.05) is 6.92 Å². The molecule has 2 amide bonds. The van der Waals surface area contributed by atoms with E-state index in [-0.39, 0.29) is 5.76 Å². The number of aryl methyl sites for hydroxylation is 1. The van der Waals surface area contributed by atoms with Crippen LogP contribution in [-0.4, -0.2) is 24.5 Å². The lowest BCUT2D eigenvalue weighted by Crippen LogP contribution is -2.47. The zero-order chi connectivity index (χ0) is 17.5. The van der Waals surface area contributed by atoms with Crippen molar-refractivity contribution in [3.8, 4) is 11.5 Å². The van der Waals surface area contributed by atoms with E-state index in [0.29, 0.717) is 17.9 Å². The van der Waals surface area contributed by atoms with Crippen molar-refractivity contribution in [1.82, 2.24) is 10.9 Å². The van der Waals surface area contributed by atoms with Crippen LogP contribution in [0.5, 0.6) is 11.5 Å². The zero-order valence-electron chi connectivity index (χ0n) is 13.8. The Morgan fingerprint density at radius 2 is 1.79 bits per heavy atom. The molecule has 0 aliphatic carbocycles. The van der Waals surface area contributed by atoms with E-state index in [1.165, 1.54) is 6.26 Å². The summed E-state index contributed by atoms with van der Waals surface area (Å²) < 4.78 is 15.9. The smallest absolute Gasteiger partial charge is 0.305 e. The van der Waals surface area contributed by atoms with Gasteiger partial charge in [0.15, 0.2) is 11.9 Å². The molecule has 0 radical (unpaired) electrons. The van der Waals surface area contributed by atoms with Crippen molar-refractivity contribution < 1.29 is 23.5 Å². The predicted octanol–water partition coefficient (Wildman–Crippen LogP) is 2.22. The Labute approximate surface area is 139 Å². The SMILES string of the molecule is CCOc1ccc(OC(C)C(=O)NNC(=O)c2occc2C)cc1. The molecule has 1 heterocycles. The quantitative estimate of drug-likeness (QED) is 0.792. The average molecular weight is 332 g/mol. The van der Waals surface area contributed by atoms with Crippen molar-refractivity contribution in [2.45, 2.75) is 26.9 Å². The van der Waals surface area contributed by atoms with Crippen molar-refractivity contribution in [3.05, 3.63) is 47.9 Å². The summed E-state index contributed by atoms with van der Waals surface area (Å²) in [5.74, 6) is 0.383. The Hall–Kier alpha value is -2.96. The lowest BCUT2D eigenvalue weighted by atomic mass is 10.3. The molecule has 2 N–H and O–H groups in total. The van der Waals surface area contributed by atoms with Gasteiger partial charge in [0.25, 0.3) is 5.91 Å². The molecule has 0 fully saturated rings. The van der Waals surface area contributed by atoms with Crippen molar-refractivity contribution in [3.63, 3.8) is 0 Å². The summed E-state index contributed by atoms with van der Waals surface area (Å²) in [5, 5.41) is 0. The van der Waals surface area contributed by atoms with E-state index in [1.54, 1.807) is 44.2 Å². The summed E-state index contributed by atoms with van der Waals surface area (Å²) in [4.78, 5) is 23.8. The number of ether oxygens (including phenoxy) is 2. The average Bonchev–Trinajstić information content (AvgIpc) is 3.00. The van der Waals surface area contributed by atoms with Gasteiger partial charge in [0, 0.05) is 5.56 Å².